The third kappa shape index (κ3) is 3.90. The number of hydrogen-bond donors (Lipinski definition) is 1. The lowest BCUT2D eigenvalue weighted by molar-refractivity contribution is -0.385. The van der Waals surface area contributed by atoms with Crippen LogP contribution in [0.3, 0.4) is 0 Å². The smallest absolute Gasteiger partial charge is 0.316 e. The average molecular weight is 397 g/mol. The van der Waals surface area contributed by atoms with Crippen molar-refractivity contribution in [1.82, 2.24) is 5.43 Å². The monoisotopic (exact) mass is 397 g/mol. The minimum absolute atomic E-state index is 0.0907. The predicted molar refractivity (Wildman–Crippen MR) is 101 cm³/mol. The quantitative estimate of drug-likeness (QED) is 0.204. The van der Waals surface area contributed by atoms with E-state index in [0.29, 0.717) is 5.69 Å². The first-order chi connectivity index (χ1) is 13.8. The SMILES string of the molecule is COc1cc(/C=C2/C(=O)NN(c3ccccc3)C2=O)cc([N+](=O)[O-])c1OC(C)=O. The van der Waals surface area contributed by atoms with E-state index in [2.05, 4.69) is 5.43 Å². The van der Waals surface area contributed by atoms with E-state index < -0.39 is 28.4 Å². The summed E-state index contributed by atoms with van der Waals surface area (Å²) in [5.41, 5.74) is 2.29. The molecule has 1 heterocycles. The number of hydrazine groups is 1. The lowest BCUT2D eigenvalue weighted by Crippen LogP contribution is -2.35. The number of carbonyl (C=O) groups is 3. The van der Waals surface area contributed by atoms with Crippen molar-refractivity contribution in [3.8, 4) is 11.5 Å². The second kappa shape index (κ2) is 7.80. The predicted octanol–water partition coefficient (Wildman–Crippen LogP) is 1.99. The van der Waals surface area contributed by atoms with Gasteiger partial charge in [-0.25, -0.2) is 5.01 Å². The molecule has 0 radical (unpaired) electrons. The number of nitro groups is 1. The summed E-state index contributed by atoms with van der Waals surface area (Å²) < 4.78 is 9.97. The number of esters is 1. The number of amides is 2. The first-order valence-electron chi connectivity index (χ1n) is 8.29. The van der Waals surface area contributed by atoms with Crippen molar-refractivity contribution in [1.29, 1.82) is 0 Å². The summed E-state index contributed by atoms with van der Waals surface area (Å²) in [6.45, 7) is 1.10. The molecule has 29 heavy (non-hydrogen) atoms. The van der Waals surface area contributed by atoms with E-state index in [1.54, 1.807) is 30.3 Å². The van der Waals surface area contributed by atoms with Crippen molar-refractivity contribution < 1.29 is 28.8 Å². The lowest BCUT2D eigenvalue weighted by Gasteiger charge is -2.13. The molecule has 1 aliphatic heterocycles. The lowest BCUT2D eigenvalue weighted by atomic mass is 10.1. The van der Waals surface area contributed by atoms with Gasteiger partial charge in [-0.1, -0.05) is 18.2 Å². The molecule has 3 rings (SSSR count). The first kappa shape index (κ1) is 19.5. The van der Waals surface area contributed by atoms with Crippen molar-refractivity contribution in [3.05, 3.63) is 63.7 Å². The van der Waals surface area contributed by atoms with Crippen molar-refractivity contribution in [2.24, 2.45) is 0 Å². The summed E-state index contributed by atoms with van der Waals surface area (Å²) in [6.07, 6.45) is 1.20. The molecule has 2 aromatic carbocycles. The zero-order chi connectivity index (χ0) is 21.1. The Balaban J connectivity index is 2.04. The van der Waals surface area contributed by atoms with Gasteiger partial charge in [-0.15, -0.1) is 0 Å². The van der Waals surface area contributed by atoms with Crippen LogP contribution in [-0.4, -0.2) is 29.8 Å². The van der Waals surface area contributed by atoms with Crippen LogP contribution in [0.25, 0.3) is 6.08 Å². The molecule has 1 saturated heterocycles. The Morgan fingerprint density at radius 3 is 2.48 bits per heavy atom. The van der Waals surface area contributed by atoms with Gasteiger partial charge in [-0.3, -0.25) is 29.9 Å². The summed E-state index contributed by atoms with van der Waals surface area (Å²) in [4.78, 5) is 46.8. The minimum atomic E-state index is -0.763. The maximum Gasteiger partial charge on any atom is 0.316 e. The molecule has 10 heteroatoms. The maximum atomic E-state index is 12.6. The number of nitro benzene ring substituents is 1. The zero-order valence-electron chi connectivity index (χ0n) is 15.4. The fourth-order valence-electron chi connectivity index (χ4n) is 2.71. The number of carbonyl (C=O) groups excluding carboxylic acids is 3. The summed E-state index contributed by atoms with van der Waals surface area (Å²) in [6, 6.07) is 10.9. The molecule has 1 N–H and O–H groups in total. The number of nitrogens with zero attached hydrogens (tertiary/aromatic N) is 2. The van der Waals surface area contributed by atoms with Gasteiger partial charge in [0.15, 0.2) is 5.75 Å². The highest BCUT2D eigenvalue weighted by Gasteiger charge is 2.34. The van der Waals surface area contributed by atoms with Crippen molar-refractivity contribution in [2.75, 3.05) is 12.1 Å². The van der Waals surface area contributed by atoms with Gasteiger partial charge >= 0.3 is 11.7 Å². The summed E-state index contributed by atoms with van der Waals surface area (Å²) in [7, 11) is 1.24. The number of para-hydroxylation sites is 1. The molecular formula is C19H15N3O7. The van der Waals surface area contributed by atoms with Crippen molar-refractivity contribution in [3.63, 3.8) is 0 Å². The van der Waals surface area contributed by atoms with Gasteiger partial charge in [0.25, 0.3) is 11.8 Å². The summed E-state index contributed by atoms with van der Waals surface area (Å²) in [5.74, 6) is -2.50. The number of benzene rings is 2. The molecule has 0 saturated carbocycles. The molecule has 2 aromatic rings. The average Bonchev–Trinajstić information content (AvgIpc) is 2.97. The van der Waals surface area contributed by atoms with Gasteiger partial charge < -0.3 is 9.47 Å². The number of nitrogens with one attached hydrogen (secondary N) is 1. The van der Waals surface area contributed by atoms with E-state index >= 15 is 0 Å². The number of ether oxygens (including phenoxy) is 2. The second-order valence-electron chi connectivity index (χ2n) is 5.90. The molecule has 1 fully saturated rings. The normalized spacial score (nSPS) is 14.7. The number of rotatable bonds is 5. The standard InChI is InChI=1S/C19H15N3O7/c1-11(23)29-17-15(22(26)27)9-12(10-16(17)28-2)8-14-18(24)20-21(19(14)25)13-6-4-3-5-7-13/h3-10H,1-2H3,(H,20,24)/b14-8-. The Bertz CT molecular complexity index is 1050. The van der Waals surface area contributed by atoms with Crippen LogP contribution in [-0.2, 0) is 14.4 Å². The van der Waals surface area contributed by atoms with Crippen molar-refractivity contribution >= 4 is 35.2 Å². The molecule has 0 unspecified atom stereocenters. The highest BCUT2D eigenvalue weighted by atomic mass is 16.6. The molecule has 0 spiro atoms. The Hall–Kier alpha value is -4.21. The molecule has 0 bridgehead atoms. The zero-order valence-corrected chi connectivity index (χ0v) is 15.4. The third-order valence-electron chi connectivity index (χ3n) is 3.94. The van der Waals surface area contributed by atoms with Crippen LogP contribution in [0, 0.1) is 10.1 Å². The van der Waals surface area contributed by atoms with Gasteiger partial charge in [0, 0.05) is 13.0 Å². The number of hydrogen-bond acceptors (Lipinski definition) is 7. The van der Waals surface area contributed by atoms with Crippen LogP contribution in [0.5, 0.6) is 11.5 Å². The number of anilines is 1. The van der Waals surface area contributed by atoms with Crippen molar-refractivity contribution in [2.45, 2.75) is 6.92 Å². The van der Waals surface area contributed by atoms with Gasteiger partial charge in [-0.2, -0.15) is 0 Å². The van der Waals surface area contributed by atoms with Gasteiger partial charge in [-0.05, 0) is 29.8 Å². The van der Waals surface area contributed by atoms with E-state index in [9.17, 15) is 24.5 Å². The Morgan fingerprint density at radius 1 is 1.21 bits per heavy atom. The van der Waals surface area contributed by atoms with Crippen LogP contribution in [0.15, 0.2) is 48.0 Å². The van der Waals surface area contributed by atoms with Crippen LogP contribution < -0.4 is 19.9 Å². The third-order valence-corrected chi connectivity index (χ3v) is 3.94. The van der Waals surface area contributed by atoms with E-state index in [-0.39, 0.29) is 22.6 Å². The molecule has 2 amide bonds. The molecule has 1 aliphatic rings. The Morgan fingerprint density at radius 2 is 1.90 bits per heavy atom. The second-order valence-corrected chi connectivity index (χ2v) is 5.90. The van der Waals surface area contributed by atoms with E-state index in [0.717, 1.165) is 18.0 Å². The highest BCUT2D eigenvalue weighted by molar-refractivity contribution is 6.31. The van der Waals surface area contributed by atoms with Gasteiger partial charge in [0.2, 0.25) is 5.75 Å². The minimum Gasteiger partial charge on any atom is -0.493 e. The summed E-state index contributed by atoms with van der Waals surface area (Å²) >= 11 is 0. The molecule has 148 valence electrons. The highest BCUT2D eigenvalue weighted by Crippen LogP contribution is 2.39. The van der Waals surface area contributed by atoms with E-state index in [4.69, 9.17) is 9.47 Å². The number of methoxy groups -OCH3 is 1. The van der Waals surface area contributed by atoms with Gasteiger partial charge in [0.05, 0.1) is 17.7 Å². The van der Waals surface area contributed by atoms with E-state index in [1.807, 2.05) is 0 Å². The van der Waals surface area contributed by atoms with Gasteiger partial charge in [0.1, 0.15) is 5.57 Å². The van der Waals surface area contributed by atoms with Crippen LogP contribution in [0.4, 0.5) is 11.4 Å². The molecular weight excluding hydrogens is 382 g/mol. The Kier molecular flexibility index (Phi) is 5.26. The maximum absolute atomic E-state index is 12.6. The topological polar surface area (TPSA) is 128 Å². The van der Waals surface area contributed by atoms with Crippen LogP contribution in [0.2, 0.25) is 0 Å². The molecule has 0 atom stereocenters. The summed E-state index contributed by atoms with van der Waals surface area (Å²) in [5, 5.41) is 12.5. The molecule has 10 nitrogen and oxygen atoms in total. The van der Waals surface area contributed by atoms with Crippen LogP contribution in [0.1, 0.15) is 12.5 Å². The fraction of sp³-hybridized carbons (Fsp3) is 0.105. The molecule has 0 aromatic heterocycles. The van der Waals surface area contributed by atoms with Crippen LogP contribution >= 0.6 is 0 Å². The first-order valence-corrected chi connectivity index (χ1v) is 8.29. The fourth-order valence-corrected chi connectivity index (χ4v) is 2.71. The van der Waals surface area contributed by atoms with E-state index in [1.165, 1.54) is 19.3 Å². The molecule has 0 aliphatic carbocycles. The largest absolute Gasteiger partial charge is 0.493 e. The Labute approximate surface area is 164 Å².